The van der Waals surface area contributed by atoms with E-state index in [4.69, 9.17) is 44.3 Å². The van der Waals surface area contributed by atoms with Gasteiger partial charge in [0.15, 0.2) is 17.2 Å². The number of furan rings is 1. The zero-order chi connectivity index (χ0) is 80.0. The molecule has 0 N–H and O–H groups in total. The maximum absolute atomic E-state index is 6.42. The molecule has 10 aromatic heterocycles. The summed E-state index contributed by atoms with van der Waals surface area (Å²) in [4.78, 5) is 43.3. The molecule has 9 nitrogen and oxygen atoms in total. The summed E-state index contributed by atoms with van der Waals surface area (Å²) in [7, 11) is 0. The van der Waals surface area contributed by atoms with Gasteiger partial charge in [-0.1, -0.05) is 328 Å². The van der Waals surface area contributed by atoms with Crippen LogP contribution in [0, 0.1) is 0 Å². The van der Waals surface area contributed by atoms with E-state index in [1.54, 1.807) is 22.7 Å². The summed E-state index contributed by atoms with van der Waals surface area (Å²) >= 11 is 5.33. The first-order valence-corrected chi connectivity index (χ1v) is 43.2. The highest BCUT2D eigenvalue weighted by molar-refractivity contribution is 7.27. The summed E-state index contributed by atoms with van der Waals surface area (Å²) in [5.74, 6) is 1.30. The van der Waals surface area contributed by atoms with Crippen molar-refractivity contribution in [1.82, 2.24) is 39.9 Å². The van der Waals surface area contributed by atoms with Gasteiger partial charge < -0.3 is 4.42 Å². The van der Waals surface area contributed by atoms with E-state index >= 15 is 0 Å². The first-order valence-electron chi connectivity index (χ1n) is 40.8. The molecule has 17 aromatic carbocycles. The highest BCUT2D eigenvalue weighted by Gasteiger charge is 2.25. The average molecular weight is 1610 g/mol. The zero-order valence-corrected chi connectivity index (χ0v) is 67.5. The number of aromatic nitrogens is 8. The predicted octanol–water partition coefficient (Wildman–Crippen LogP) is 30.8. The number of thiophene rings is 3. The lowest BCUT2D eigenvalue weighted by molar-refractivity contribution is 0.672. The summed E-state index contributed by atoms with van der Waals surface area (Å²) in [6, 6.07) is 132. The van der Waals surface area contributed by atoms with Crippen LogP contribution in [0.25, 0.3) is 259 Å². The molecule has 0 fully saturated rings. The molecule has 0 saturated carbocycles. The lowest BCUT2D eigenvalue weighted by Crippen LogP contribution is -1.99. The third-order valence-electron chi connectivity index (χ3n) is 24.0. The summed E-state index contributed by atoms with van der Waals surface area (Å²) in [5.41, 5.74) is 16.3. The van der Waals surface area contributed by atoms with E-state index in [9.17, 15) is 0 Å². The van der Waals surface area contributed by atoms with Crippen molar-refractivity contribution in [2.75, 3.05) is 0 Å². The van der Waals surface area contributed by atoms with E-state index < -0.39 is 0 Å². The van der Waals surface area contributed by atoms with Gasteiger partial charge in [0.25, 0.3) is 0 Å². The van der Waals surface area contributed by atoms with Crippen molar-refractivity contribution in [1.29, 1.82) is 0 Å². The minimum Gasteiger partial charge on any atom is -0.454 e. The van der Waals surface area contributed by atoms with E-state index in [0.717, 1.165) is 186 Å². The number of nitrogens with zero attached hydrogens (tertiary/aromatic N) is 8. The highest BCUT2D eigenvalue weighted by atomic mass is 32.1. The maximum Gasteiger partial charge on any atom is 0.180 e. The van der Waals surface area contributed by atoms with E-state index in [1.165, 1.54) is 61.2 Å². The Morgan fingerprint density at radius 3 is 1.16 bits per heavy atom. The van der Waals surface area contributed by atoms with Gasteiger partial charge in [-0.2, -0.15) is 0 Å². The number of hydrogen-bond donors (Lipinski definition) is 0. The van der Waals surface area contributed by atoms with Crippen LogP contribution in [0.15, 0.2) is 381 Å². The summed E-state index contributed by atoms with van der Waals surface area (Å²) in [5, 5.41) is 26.4. The number of pyridine rings is 4. The molecule has 27 aromatic rings. The van der Waals surface area contributed by atoms with Crippen LogP contribution >= 0.6 is 34.0 Å². The van der Waals surface area contributed by atoms with Gasteiger partial charge in [-0.3, -0.25) is 0 Å². The Morgan fingerprint density at radius 1 is 0.197 bits per heavy atom. The topological polar surface area (TPSA) is 116 Å². The lowest BCUT2D eigenvalue weighted by atomic mass is 9.96. The fourth-order valence-corrected chi connectivity index (χ4v) is 21.9. The predicted molar refractivity (Wildman–Crippen MR) is 515 cm³/mol. The maximum atomic E-state index is 6.42. The molecule has 0 radical (unpaired) electrons. The van der Waals surface area contributed by atoms with Crippen LogP contribution in [0.1, 0.15) is 0 Å². The molecule has 12 heteroatoms. The minimum atomic E-state index is 0.643. The van der Waals surface area contributed by atoms with Crippen LogP contribution in [0.5, 0.6) is 0 Å². The third-order valence-corrected chi connectivity index (χ3v) is 27.5. The number of rotatable bonds is 6. The van der Waals surface area contributed by atoms with Crippen LogP contribution in [0.3, 0.4) is 0 Å². The molecular weight excluding hydrogens is 1550 g/mol. The Bertz CT molecular complexity index is 9060. The van der Waals surface area contributed by atoms with Gasteiger partial charge in [-0.25, -0.2) is 39.9 Å². The van der Waals surface area contributed by atoms with E-state index in [-0.39, 0.29) is 0 Å². The van der Waals surface area contributed by atoms with Gasteiger partial charge in [-0.15, -0.1) is 34.0 Å². The Morgan fingerprint density at radius 2 is 0.590 bits per heavy atom. The van der Waals surface area contributed by atoms with Crippen molar-refractivity contribution < 1.29 is 4.42 Å². The minimum absolute atomic E-state index is 0.643. The van der Waals surface area contributed by atoms with Crippen molar-refractivity contribution in [3.63, 3.8) is 0 Å². The van der Waals surface area contributed by atoms with E-state index in [1.807, 2.05) is 41.7 Å². The Hall–Kier alpha value is -15.4. The largest absolute Gasteiger partial charge is 0.454 e. The number of para-hydroxylation sites is 1. The molecule has 122 heavy (non-hydrogen) atoms. The lowest BCUT2D eigenvalue weighted by Gasteiger charge is -2.13. The van der Waals surface area contributed by atoms with Crippen LogP contribution < -0.4 is 0 Å². The van der Waals surface area contributed by atoms with Gasteiger partial charge in [0, 0.05) is 133 Å². The second-order valence-corrected chi connectivity index (χ2v) is 34.1. The SMILES string of the molecule is c1ccc(-c2nc(-c3nc4c(ccc5c6ccccc6sc54)c4ccccc34)nc3c2ccc2ccccc23)cc1.c1ccc(-c2nc(-c3nc4c(ccc5c6ccccc6sc54)c4ccccc34)nc3sc4ccccc4c23)cc1.c1ccc(-c2nc3ccc(-c4nc5c(ccc6c7ccccc7oc65)c5ccccc45)cc3c3ccccc23)cc1. The zero-order valence-electron chi connectivity index (χ0n) is 65.0. The van der Waals surface area contributed by atoms with E-state index in [0.29, 0.717) is 11.6 Å². The Kier molecular flexibility index (Phi) is 16.1. The van der Waals surface area contributed by atoms with Crippen LogP contribution in [-0.4, -0.2) is 39.9 Å². The number of benzene rings is 17. The van der Waals surface area contributed by atoms with Gasteiger partial charge in [0.1, 0.15) is 27.3 Å². The summed E-state index contributed by atoms with van der Waals surface area (Å²) in [6.45, 7) is 0. The van der Waals surface area contributed by atoms with Crippen molar-refractivity contribution in [3.8, 4) is 68.1 Å². The van der Waals surface area contributed by atoms with Crippen molar-refractivity contribution in [2.24, 2.45) is 0 Å². The monoisotopic (exact) mass is 1610 g/mol. The van der Waals surface area contributed by atoms with Gasteiger partial charge >= 0.3 is 0 Å². The molecule has 0 bridgehead atoms. The molecule has 566 valence electrons. The molecule has 0 atom stereocenters. The van der Waals surface area contributed by atoms with E-state index in [2.05, 4.69) is 346 Å². The molecule has 0 aliphatic rings. The Labute approximate surface area is 708 Å². The molecule has 0 spiro atoms. The van der Waals surface area contributed by atoms with Crippen molar-refractivity contribution >= 4 is 225 Å². The molecule has 0 amide bonds. The fraction of sp³-hybridized carbons (Fsp3) is 0. The fourth-order valence-electron chi connectivity index (χ4n) is 18.4. The second-order valence-electron chi connectivity index (χ2n) is 30.9. The van der Waals surface area contributed by atoms with Crippen LogP contribution in [-0.2, 0) is 0 Å². The smallest absolute Gasteiger partial charge is 0.180 e. The first-order chi connectivity index (χ1) is 60.5. The van der Waals surface area contributed by atoms with Gasteiger partial charge in [0.2, 0.25) is 0 Å². The molecule has 0 saturated heterocycles. The van der Waals surface area contributed by atoms with Crippen molar-refractivity contribution in [3.05, 3.63) is 376 Å². The number of hydrogen-bond acceptors (Lipinski definition) is 12. The van der Waals surface area contributed by atoms with Crippen LogP contribution in [0.2, 0.25) is 0 Å². The molecule has 0 unspecified atom stereocenters. The molecule has 0 aliphatic carbocycles. The van der Waals surface area contributed by atoms with Gasteiger partial charge in [0.05, 0.1) is 54.2 Å². The molecule has 0 aliphatic heterocycles. The van der Waals surface area contributed by atoms with Crippen LogP contribution in [0.4, 0.5) is 0 Å². The Balaban J connectivity index is 0.000000101. The molecular formula is C110H62N8OS3. The number of fused-ring (bicyclic) bond motifs is 30. The third kappa shape index (κ3) is 11.2. The summed E-state index contributed by atoms with van der Waals surface area (Å²) in [6.07, 6.45) is 0. The van der Waals surface area contributed by atoms with Crippen molar-refractivity contribution in [2.45, 2.75) is 0 Å². The highest BCUT2D eigenvalue weighted by Crippen LogP contribution is 2.48. The standard InChI is InChI=1S/C38H22N2O.C37H21N3S.C35H19N3S2/c1-2-10-23(11-3-1)35-29-16-7-5-13-26(29)32-22-24(18-21-33(32)39-35)36-28-15-6-4-12-25(28)30-19-20-31-27-14-8-9-17-34(27)41-38(31)37(30)40-36;1-2-11-23(12-3-1)32-30-19-18-22-10-4-5-13-24(22)33(30)40-37(39-32)35-27-16-7-6-14-25(27)28-20-21-29-26-15-8-9-17-31(26)41-36(29)34(28)38-35;1-2-10-20(11-3-1)30-29-26-15-7-9-17-28(26)40-35(29)38-34(37-30)32-23-14-5-4-12-21(23)24-18-19-25-22-13-6-8-16-27(22)39-33(25)31(24)36-32/h1-22H;1-21H;1-19H. The average Bonchev–Trinajstić information content (AvgIpc) is 1.31. The normalized spacial score (nSPS) is 11.9. The summed E-state index contributed by atoms with van der Waals surface area (Å²) < 4.78 is 12.6. The molecule has 10 heterocycles. The first kappa shape index (κ1) is 69.7. The van der Waals surface area contributed by atoms with Gasteiger partial charge in [-0.05, 0) is 75.5 Å². The molecule has 27 rings (SSSR count). The quantitative estimate of drug-likeness (QED) is 0.150. The second kappa shape index (κ2) is 28.1.